The maximum Gasteiger partial charge on any atom is 0.165 e. The van der Waals surface area contributed by atoms with Crippen molar-refractivity contribution in [2.24, 2.45) is 0 Å². The van der Waals surface area contributed by atoms with Crippen molar-refractivity contribution in [2.75, 3.05) is 13.2 Å². The second-order valence-electron chi connectivity index (χ2n) is 4.90. The third-order valence-electron chi connectivity index (χ3n) is 3.60. The zero-order valence-corrected chi connectivity index (χ0v) is 11.4. The second-order valence-corrected chi connectivity index (χ2v) is 4.90. The van der Waals surface area contributed by atoms with Gasteiger partial charge >= 0.3 is 0 Å². The molecular formula is C17H15FO3. The van der Waals surface area contributed by atoms with Gasteiger partial charge in [-0.3, -0.25) is 4.79 Å². The van der Waals surface area contributed by atoms with Crippen LogP contribution in [0, 0.1) is 5.82 Å². The van der Waals surface area contributed by atoms with Gasteiger partial charge in [0.2, 0.25) is 0 Å². The molecule has 1 unspecified atom stereocenters. The molecule has 21 heavy (non-hydrogen) atoms. The van der Waals surface area contributed by atoms with Crippen LogP contribution in [0.3, 0.4) is 0 Å². The van der Waals surface area contributed by atoms with Gasteiger partial charge in [0.1, 0.15) is 12.7 Å². The number of aldehydes is 1. The van der Waals surface area contributed by atoms with Crippen molar-refractivity contribution >= 4 is 6.29 Å². The molecule has 0 saturated heterocycles. The lowest BCUT2D eigenvalue weighted by molar-refractivity contribution is 0.00920. The van der Waals surface area contributed by atoms with Gasteiger partial charge in [-0.2, -0.15) is 0 Å². The summed E-state index contributed by atoms with van der Waals surface area (Å²) in [5.74, 6) is -0.553. The molecule has 2 aromatic carbocycles. The molecule has 0 saturated carbocycles. The van der Waals surface area contributed by atoms with Crippen LogP contribution in [0.1, 0.15) is 27.6 Å². The van der Waals surface area contributed by atoms with Gasteiger partial charge < -0.3 is 9.47 Å². The largest absolute Gasteiger partial charge is 0.487 e. The minimum absolute atomic E-state index is 0.0147. The van der Waals surface area contributed by atoms with Crippen LogP contribution < -0.4 is 4.74 Å². The molecule has 0 aromatic heterocycles. The summed E-state index contributed by atoms with van der Waals surface area (Å²) < 4.78 is 25.0. The Kier molecular flexibility index (Phi) is 3.97. The van der Waals surface area contributed by atoms with Gasteiger partial charge in [-0.15, -0.1) is 0 Å². The molecule has 0 radical (unpaired) electrons. The first kappa shape index (κ1) is 13.8. The van der Waals surface area contributed by atoms with E-state index in [1.165, 1.54) is 23.8 Å². The molecule has 4 heteroatoms. The monoisotopic (exact) mass is 286 g/mol. The van der Waals surface area contributed by atoms with Gasteiger partial charge in [0, 0.05) is 0 Å². The number of rotatable bonds is 4. The summed E-state index contributed by atoms with van der Waals surface area (Å²) >= 11 is 0. The number of benzene rings is 2. The fourth-order valence-corrected chi connectivity index (χ4v) is 2.54. The Bertz CT molecular complexity index is 654. The average Bonchev–Trinajstić information content (AvgIpc) is 2.53. The molecule has 3 rings (SSSR count). The minimum atomic E-state index is -0.538. The van der Waals surface area contributed by atoms with Crippen LogP contribution in [-0.2, 0) is 11.2 Å². The number of halogens is 1. The van der Waals surface area contributed by atoms with E-state index in [0.29, 0.717) is 12.9 Å². The molecular weight excluding hydrogens is 271 g/mol. The van der Waals surface area contributed by atoms with E-state index in [4.69, 9.17) is 9.47 Å². The molecule has 0 bridgehead atoms. The lowest BCUT2D eigenvalue weighted by atomic mass is 9.98. The molecule has 1 heterocycles. The van der Waals surface area contributed by atoms with E-state index in [1.54, 1.807) is 0 Å². The van der Waals surface area contributed by atoms with E-state index in [0.717, 1.165) is 12.0 Å². The van der Waals surface area contributed by atoms with Crippen LogP contribution in [-0.4, -0.2) is 19.5 Å². The van der Waals surface area contributed by atoms with Crippen LogP contribution in [0.5, 0.6) is 5.75 Å². The maximum absolute atomic E-state index is 13.8. The highest BCUT2D eigenvalue weighted by Gasteiger charge is 2.22. The van der Waals surface area contributed by atoms with Crippen LogP contribution in [0.2, 0.25) is 0 Å². The number of para-hydroxylation sites is 1. The van der Waals surface area contributed by atoms with Crippen LogP contribution in [0.25, 0.3) is 0 Å². The first-order chi connectivity index (χ1) is 10.3. The molecule has 0 fully saturated rings. The predicted octanol–water partition coefficient (Wildman–Crippen LogP) is 3.33. The van der Waals surface area contributed by atoms with E-state index >= 15 is 0 Å². The van der Waals surface area contributed by atoms with E-state index in [-0.39, 0.29) is 24.0 Å². The van der Waals surface area contributed by atoms with Crippen LogP contribution >= 0.6 is 0 Å². The fraction of sp³-hybridized carbons (Fsp3) is 0.235. The molecule has 1 aliphatic rings. The van der Waals surface area contributed by atoms with Crippen molar-refractivity contribution in [1.82, 2.24) is 0 Å². The highest BCUT2D eigenvalue weighted by molar-refractivity contribution is 5.79. The Morgan fingerprint density at radius 3 is 2.95 bits per heavy atom. The summed E-state index contributed by atoms with van der Waals surface area (Å²) in [7, 11) is 0. The van der Waals surface area contributed by atoms with Gasteiger partial charge in [0.05, 0.1) is 12.2 Å². The topological polar surface area (TPSA) is 35.5 Å². The molecule has 1 aliphatic heterocycles. The molecule has 0 spiro atoms. The standard InChI is InChI=1S/C17H15FO3/c18-15-7-3-5-13(10-19)17(15)21-11-16-14-6-2-1-4-12(14)8-9-20-16/h1-7,10,16H,8-9,11H2. The van der Waals surface area contributed by atoms with Gasteiger partial charge in [-0.1, -0.05) is 30.3 Å². The second kappa shape index (κ2) is 6.06. The van der Waals surface area contributed by atoms with E-state index in [1.807, 2.05) is 18.2 Å². The van der Waals surface area contributed by atoms with E-state index < -0.39 is 5.82 Å². The van der Waals surface area contributed by atoms with Gasteiger partial charge in [0.25, 0.3) is 0 Å². The highest BCUT2D eigenvalue weighted by atomic mass is 19.1. The fourth-order valence-electron chi connectivity index (χ4n) is 2.54. The van der Waals surface area contributed by atoms with Crippen molar-refractivity contribution in [1.29, 1.82) is 0 Å². The zero-order valence-electron chi connectivity index (χ0n) is 11.4. The Morgan fingerprint density at radius 2 is 2.10 bits per heavy atom. The summed E-state index contributed by atoms with van der Waals surface area (Å²) in [4.78, 5) is 11.0. The number of fused-ring (bicyclic) bond motifs is 1. The number of carbonyl (C=O) groups excluding carboxylic acids is 1. The molecule has 1 atom stereocenters. The Balaban J connectivity index is 1.79. The van der Waals surface area contributed by atoms with Gasteiger partial charge in [0.15, 0.2) is 17.9 Å². The van der Waals surface area contributed by atoms with Crippen molar-refractivity contribution in [2.45, 2.75) is 12.5 Å². The van der Waals surface area contributed by atoms with Crippen molar-refractivity contribution in [3.63, 3.8) is 0 Å². The number of carbonyl (C=O) groups is 1. The normalized spacial score (nSPS) is 17.1. The summed E-state index contributed by atoms with van der Waals surface area (Å²) in [6, 6.07) is 12.3. The smallest absolute Gasteiger partial charge is 0.165 e. The van der Waals surface area contributed by atoms with E-state index in [9.17, 15) is 9.18 Å². The molecule has 0 N–H and O–H groups in total. The first-order valence-corrected chi connectivity index (χ1v) is 6.85. The van der Waals surface area contributed by atoms with Gasteiger partial charge in [-0.25, -0.2) is 4.39 Å². The minimum Gasteiger partial charge on any atom is -0.487 e. The lowest BCUT2D eigenvalue weighted by Gasteiger charge is -2.26. The first-order valence-electron chi connectivity index (χ1n) is 6.85. The SMILES string of the molecule is O=Cc1cccc(F)c1OCC1OCCc2ccccc21. The van der Waals surface area contributed by atoms with Gasteiger partial charge in [-0.05, 0) is 29.7 Å². The summed E-state index contributed by atoms with van der Waals surface area (Å²) in [6.07, 6.45) is 1.22. The molecule has 0 aliphatic carbocycles. The Morgan fingerprint density at radius 1 is 1.24 bits per heavy atom. The summed E-state index contributed by atoms with van der Waals surface area (Å²) in [6.45, 7) is 0.793. The molecule has 3 nitrogen and oxygen atoms in total. The maximum atomic E-state index is 13.8. The number of hydrogen-bond acceptors (Lipinski definition) is 3. The van der Waals surface area contributed by atoms with Crippen molar-refractivity contribution < 1.29 is 18.7 Å². The Hall–Kier alpha value is -2.20. The predicted molar refractivity (Wildman–Crippen MR) is 76.1 cm³/mol. The van der Waals surface area contributed by atoms with Crippen LogP contribution in [0.4, 0.5) is 4.39 Å². The average molecular weight is 286 g/mol. The summed E-state index contributed by atoms with van der Waals surface area (Å²) in [5.41, 5.74) is 2.49. The van der Waals surface area contributed by atoms with E-state index in [2.05, 4.69) is 6.07 Å². The Labute approximate surface area is 122 Å². The molecule has 2 aromatic rings. The quantitative estimate of drug-likeness (QED) is 0.809. The number of hydrogen-bond donors (Lipinski definition) is 0. The highest BCUT2D eigenvalue weighted by Crippen LogP contribution is 2.29. The lowest BCUT2D eigenvalue weighted by Crippen LogP contribution is -2.22. The molecule has 0 amide bonds. The van der Waals surface area contributed by atoms with Crippen LogP contribution in [0.15, 0.2) is 42.5 Å². The summed E-state index contributed by atoms with van der Waals surface area (Å²) in [5, 5.41) is 0. The zero-order chi connectivity index (χ0) is 14.7. The molecule has 108 valence electrons. The third kappa shape index (κ3) is 2.81. The third-order valence-corrected chi connectivity index (χ3v) is 3.60. The number of ether oxygens (including phenoxy) is 2. The van der Waals surface area contributed by atoms with Crippen molar-refractivity contribution in [3.05, 3.63) is 65.0 Å². The van der Waals surface area contributed by atoms with Crippen molar-refractivity contribution in [3.8, 4) is 5.75 Å².